The van der Waals surface area contributed by atoms with Gasteiger partial charge in [0.05, 0.1) is 6.61 Å². The van der Waals surface area contributed by atoms with Crippen molar-refractivity contribution in [2.45, 2.75) is 52.9 Å². The van der Waals surface area contributed by atoms with Crippen LogP contribution in [0.25, 0.3) is 0 Å². The van der Waals surface area contributed by atoms with Gasteiger partial charge in [0.2, 0.25) is 0 Å². The molecule has 0 radical (unpaired) electrons. The van der Waals surface area contributed by atoms with Crippen LogP contribution in [-0.2, 0) is 4.74 Å². The van der Waals surface area contributed by atoms with E-state index in [0.29, 0.717) is 10.8 Å². The highest BCUT2D eigenvalue weighted by atomic mass is 16.5. The van der Waals surface area contributed by atoms with E-state index in [2.05, 4.69) is 26.8 Å². The van der Waals surface area contributed by atoms with Crippen molar-refractivity contribution in [3.05, 3.63) is 11.6 Å². The predicted octanol–water partition coefficient (Wildman–Crippen LogP) is 4.19. The van der Waals surface area contributed by atoms with E-state index >= 15 is 0 Å². The first kappa shape index (κ1) is 11.8. The monoisotopic (exact) mass is 234 g/mol. The van der Waals surface area contributed by atoms with Gasteiger partial charge in [-0.25, -0.2) is 0 Å². The molecule has 0 aromatic carbocycles. The van der Waals surface area contributed by atoms with Crippen LogP contribution in [0.2, 0.25) is 0 Å². The summed E-state index contributed by atoms with van der Waals surface area (Å²) in [6.45, 7) is 9.35. The molecule has 0 aromatic rings. The van der Waals surface area contributed by atoms with Gasteiger partial charge in [-0.1, -0.05) is 25.5 Å². The number of ether oxygens (including phenoxy) is 1. The summed E-state index contributed by atoms with van der Waals surface area (Å²) < 4.78 is 6.01. The topological polar surface area (TPSA) is 9.23 Å². The van der Waals surface area contributed by atoms with Crippen molar-refractivity contribution >= 4 is 0 Å². The second kappa shape index (κ2) is 3.85. The van der Waals surface area contributed by atoms with Crippen LogP contribution in [0.3, 0.4) is 0 Å². The molecule has 1 saturated heterocycles. The van der Waals surface area contributed by atoms with E-state index in [9.17, 15) is 0 Å². The van der Waals surface area contributed by atoms with Gasteiger partial charge in [-0.2, -0.15) is 0 Å². The Morgan fingerprint density at radius 2 is 2.12 bits per heavy atom. The van der Waals surface area contributed by atoms with E-state index in [1.54, 1.807) is 5.57 Å². The lowest BCUT2D eigenvalue weighted by Crippen LogP contribution is -2.51. The Hall–Kier alpha value is -0.300. The lowest BCUT2D eigenvalue weighted by Gasteiger charge is -2.57. The van der Waals surface area contributed by atoms with Gasteiger partial charge in [-0.3, -0.25) is 0 Å². The maximum atomic E-state index is 6.01. The third-order valence-electron chi connectivity index (χ3n) is 6.45. The molecule has 0 unspecified atom stereocenters. The molecule has 3 aliphatic rings. The molecule has 1 nitrogen and oxygen atoms in total. The number of rotatable bonds is 0. The quantitative estimate of drug-likeness (QED) is 0.571. The van der Waals surface area contributed by atoms with E-state index in [4.69, 9.17) is 4.74 Å². The van der Waals surface area contributed by atoms with E-state index < -0.39 is 0 Å². The zero-order chi connectivity index (χ0) is 12.1. The van der Waals surface area contributed by atoms with E-state index in [1.165, 1.54) is 32.1 Å². The number of hydrogen-bond acceptors (Lipinski definition) is 1. The molecule has 1 heteroatoms. The summed E-state index contributed by atoms with van der Waals surface area (Å²) in [4.78, 5) is 0. The molecule has 0 amide bonds. The van der Waals surface area contributed by atoms with Crippen molar-refractivity contribution in [2.24, 2.45) is 22.7 Å². The largest absolute Gasteiger partial charge is 0.381 e. The van der Waals surface area contributed by atoms with Crippen LogP contribution < -0.4 is 0 Å². The minimum atomic E-state index is 0.399. The average molecular weight is 234 g/mol. The van der Waals surface area contributed by atoms with E-state index in [-0.39, 0.29) is 0 Å². The first-order valence-electron chi connectivity index (χ1n) is 7.34. The number of hydrogen-bond donors (Lipinski definition) is 0. The van der Waals surface area contributed by atoms with Crippen molar-refractivity contribution in [1.29, 1.82) is 0 Å². The average Bonchev–Trinajstić information content (AvgIpc) is 2.43. The summed E-state index contributed by atoms with van der Waals surface area (Å²) in [5.74, 6) is 1.74. The molecule has 2 fully saturated rings. The minimum absolute atomic E-state index is 0.399. The fraction of sp³-hybridized carbons (Fsp3) is 0.875. The van der Waals surface area contributed by atoms with Crippen LogP contribution in [0.5, 0.6) is 0 Å². The Kier molecular flexibility index (Phi) is 2.66. The summed E-state index contributed by atoms with van der Waals surface area (Å²) >= 11 is 0. The number of allylic oxidation sites excluding steroid dienone is 1. The third-order valence-corrected chi connectivity index (χ3v) is 6.45. The smallest absolute Gasteiger partial charge is 0.0562 e. The van der Waals surface area contributed by atoms with Crippen LogP contribution in [0.15, 0.2) is 11.6 Å². The molecule has 0 N–H and O–H groups in total. The van der Waals surface area contributed by atoms with Crippen molar-refractivity contribution in [2.75, 3.05) is 13.2 Å². The molecule has 1 saturated carbocycles. The molecule has 1 aliphatic heterocycles. The zero-order valence-electron chi connectivity index (χ0n) is 11.6. The van der Waals surface area contributed by atoms with Crippen molar-refractivity contribution in [1.82, 2.24) is 0 Å². The van der Waals surface area contributed by atoms with Crippen molar-refractivity contribution in [3.63, 3.8) is 0 Å². The lowest BCUT2D eigenvalue weighted by atomic mass is 9.47. The Balaban J connectivity index is 2.09. The van der Waals surface area contributed by atoms with Gasteiger partial charge in [-0.05, 0) is 56.3 Å². The van der Waals surface area contributed by atoms with E-state index in [0.717, 1.165) is 25.0 Å². The second-order valence-electron chi connectivity index (χ2n) is 6.92. The van der Waals surface area contributed by atoms with Gasteiger partial charge < -0.3 is 4.74 Å². The van der Waals surface area contributed by atoms with Crippen LogP contribution in [0.4, 0.5) is 0 Å². The molecule has 96 valence electrons. The lowest BCUT2D eigenvalue weighted by molar-refractivity contribution is -0.0506. The first-order chi connectivity index (χ1) is 8.09. The Bertz CT molecular complexity index is 345. The minimum Gasteiger partial charge on any atom is -0.381 e. The van der Waals surface area contributed by atoms with Crippen LogP contribution >= 0.6 is 0 Å². The molecule has 0 aromatic heterocycles. The molecule has 0 spiro atoms. The van der Waals surface area contributed by atoms with Crippen molar-refractivity contribution in [3.8, 4) is 0 Å². The zero-order valence-corrected chi connectivity index (χ0v) is 11.6. The van der Waals surface area contributed by atoms with E-state index in [1.807, 2.05) is 0 Å². The summed E-state index contributed by atoms with van der Waals surface area (Å²) in [7, 11) is 0. The molecule has 2 bridgehead atoms. The molecular weight excluding hydrogens is 208 g/mol. The molecule has 17 heavy (non-hydrogen) atoms. The standard InChI is InChI=1S/C16H26O/c1-12-7-8-16-11-17-10-9-15(12,3)14(16)6-4-5-13(16)2/h5,12,14H,4,6-11H2,1-3H3/t12-,14+,15+,16+/m1/s1. The molecule has 4 atom stereocenters. The normalized spacial score (nSPS) is 50.2. The SMILES string of the molecule is CC1=CCC[C@@H]2[C@]13CC[C@@H](C)[C@]2(C)CCOC3. The van der Waals surface area contributed by atoms with Gasteiger partial charge in [0.25, 0.3) is 0 Å². The molecule has 2 aliphatic carbocycles. The predicted molar refractivity (Wildman–Crippen MR) is 70.9 cm³/mol. The maximum Gasteiger partial charge on any atom is 0.0562 e. The Morgan fingerprint density at radius 1 is 1.29 bits per heavy atom. The van der Waals surface area contributed by atoms with Crippen LogP contribution in [-0.4, -0.2) is 13.2 Å². The summed E-state index contributed by atoms with van der Waals surface area (Å²) in [6, 6.07) is 0. The molecule has 1 heterocycles. The maximum absolute atomic E-state index is 6.01. The highest BCUT2D eigenvalue weighted by Crippen LogP contribution is 2.62. The fourth-order valence-electron chi connectivity index (χ4n) is 4.95. The first-order valence-corrected chi connectivity index (χ1v) is 7.34. The molecular formula is C16H26O. The molecule has 3 rings (SSSR count). The third kappa shape index (κ3) is 1.47. The second-order valence-corrected chi connectivity index (χ2v) is 6.92. The van der Waals surface area contributed by atoms with Gasteiger partial charge in [0.1, 0.15) is 0 Å². The van der Waals surface area contributed by atoms with Gasteiger partial charge in [0, 0.05) is 12.0 Å². The summed E-state index contributed by atoms with van der Waals surface area (Å²) in [5, 5.41) is 0. The highest BCUT2D eigenvalue weighted by molar-refractivity contribution is 5.22. The summed E-state index contributed by atoms with van der Waals surface area (Å²) in [6.07, 6.45) is 9.19. The Labute approximate surface area is 106 Å². The van der Waals surface area contributed by atoms with Crippen molar-refractivity contribution < 1.29 is 4.74 Å². The van der Waals surface area contributed by atoms with Gasteiger partial charge in [-0.15, -0.1) is 0 Å². The van der Waals surface area contributed by atoms with Gasteiger partial charge >= 0.3 is 0 Å². The fourth-order valence-corrected chi connectivity index (χ4v) is 4.95. The van der Waals surface area contributed by atoms with Gasteiger partial charge in [0.15, 0.2) is 0 Å². The van der Waals surface area contributed by atoms with Crippen LogP contribution in [0.1, 0.15) is 52.9 Å². The Morgan fingerprint density at radius 3 is 2.94 bits per heavy atom. The summed E-state index contributed by atoms with van der Waals surface area (Å²) in [5.41, 5.74) is 2.55. The highest BCUT2D eigenvalue weighted by Gasteiger charge is 2.56. The van der Waals surface area contributed by atoms with Crippen LogP contribution in [0, 0.1) is 22.7 Å².